The monoisotopic (exact) mass is 407 g/mol. The number of aromatic amines is 1. The van der Waals surface area contributed by atoms with Crippen LogP contribution in [0.5, 0.6) is 0 Å². The molecular weight excluding hydrogens is 391 g/mol. The van der Waals surface area contributed by atoms with Gasteiger partial charge in [0.15, 0.2) is 5.69 Å². The summed E-state index contributed by atoms with van der Waals surface area (Å²) in [5, 5.41) is 13.6. The molecule has 2 amide bonds. The smallest absolute Gasteiger partial charge is 0.273 e. The third-order valence-corrected chi connectivity index (χ3v) is 4.16. The molecule has 0 aliphatic rings. The number of carbonyl (C=O) groups is 2. The first-order chi connectivity index (χ1) is 13.7. The number of alkyl halides is 3. The molecule has 0 radical (unpaired) electrons. The lowest BCUT2D eigenvalue weighted by atomic mass is 10.1. The predicted octanol–water partition coefficient (Wildman–Crippen LogP) is 1.63. The van der Waals surface area contributed by atoms with Gasteiger partial charge >= 0.3 is 6.18 Å². The van der Waals surface area contributed by atoms with Crippen LogP contribution in [-0.2, 0) is 17.4 Å². The molecule has 2 heterocycles. The lowest BCUT2D eigenvalue weighted by Crippen LogP contribution is -2.42. The lowest BCUT2D eigenvalue weighted by Gasteiger charge is -2.10. The maximum Gasteiger partial charge on any atom is 0.416 e. The van der Waals surface area contributed by atoms with Gasteiger partial charge in [-0.2, -0.15) is 33.7 Å². The van der Waals surface area contributed by atoms with Crippen molar-refractivity contribution < 1.29 is 22.8 Å². The van der Waals surface area contributed by atoms with E-state index in [2.05, 4.69) is 31.4 Å². The fraction of sp³-hybridized carbons (Fsp3) is 0.235. The zero-order valence-corrected chi connectivity index (χ0v) is 15.3. The van der Waals surface area contributed by atoms with Gasteiger partial charge in [-0.05, 0) is 32.0 Å². The van der Waals surface area contributed by atoms with Gasteiger partial charge in [0.25, 0.3) is 5.91 Å². The number of carbonyl (C=O) groups excluding carboxylic acids is 2. The zero-order valence-electron chi connectivity index (χ0n) is 15.3. The Hall–Kier alpha value is -3.70. The van der Waals surface area contributed by atoms with Crippen LogP contribution in [0.25, 0.3) is 5.69 Å². The molecule has 0 saturated carbocycles. The highest BCUT2D eigenvalue weighted by Crippen LogP contribution is 2.30. The molecule has 9 nitrogen and oxygen atoms in total. The molecule has 3 rings (SSSR count). The molecule has 3 aromatic rings. The molecule has 0 aliphatic heterocycles. The first-order valence-corrected chi connectivity index (χ1v) is 8.34. The highest BCUT2D eigenvalue weighted by atomic mass is 19.4. The van der Waals surface area contributed by atoms with Gasteiger partial charge in [-0.25, -0.2) is 4.68 Å². The molecule has 3 N–H and O–H groups in total. The van der Waals surface area contributed by atoms with Crippen LogP contribution in [-0.4, -0.2) is 37.0 Å². The van der Waals surface area contributed by atoms with Crippen LogP contribution in [0.15, 0.2) is 30.5 Å². The Balaban J connectivity index is 1.74. The van der Waals surface area contributed by atoms with Crippen molar-refractivity contribution in [3.8, 4) is 5.69 Å². The Morgan fingerprint density at radius 1 is 1.21 bits per heavy atom. The summed E-state index contributed by atoms with van der Waals surface area (Å²) in [4.78, 5) is 23.9. The Kier molecular flexibility index (Phi) is 5.35. The lowest BCUT2D eigenvalue weighted by molar-refractivity contribution is -0.137. The zero-order chi connectivity index (χ0) is 21.2. The van der Waals surface area contributed by atoms with Gasteiger partial charge in [-0.15, -0.1) is 0 Å². The van der Waals surface area contributed by atoms with Gasteiger partial charge in [0.2, 0.25) is 5.91 Å². The van der Waals surface area contributed by atoms with Gasteiger partial charge < -0.3 is 0 Å². The number of hydrogen-bond acceptors (Lipinski definition) is 5. The number of rotatable bonds is 4. The van der Waals surface area contributed by atoms with Crippen LogP contribution in [0.2, 0.25) is 0 Å². The van der Waals surface area contributed by atoms with E-state index in [1.165, 1.54) is 23.0 Å². The minimum absolute atomic E-state index is 0.00460. The maximum atomic E-state index is 13.0. The molecule has 1 aromatic carbocycles. The van der Waals surface area contributed by atoms with Gasteiger partial charge in [-0.1, -0.05) is 6.07 Å². The van der Waals surface area contributed by atoms with E-state index in [4.69, 9.17) is 0 Å². The summed E-state index contributed by atoms with van der Waals surface area (Å²) in [6.45, 7) is 3.30. The molecule has 2 aromatic heterocycles. The van der Waals surface area contributed by atoms with E-state index in [1.807, 2.05) is 0 Å². The highest BCUT2D eigenvalue weighted by molar-refractivity contribution is 5.93. The molecule has 29 heavy (non-hydrogen) atoms. The number of hydrogen-bond donors (Lipinski definition) is 3. The quantitative estimate of drug-likeness (QED) is 0.569. The molecule has 0 atom stereocenters. The minimum atomic E-state index is -4.48. The van der Waals surface area contributed by atoms with Crippen molar-refractivity contribution in [3.63, 3.8) is 0 Å². The van der Waals surface area contributed by atoms with E-state index in [1.54, 1.807) is 13.8 Å². The molecule has 0 aliphatic carbocycles. The second kappa shape index (κ2) is 7.73. The van der Waals surface area contributed by atoms with Crippen molar-refractivity contribution in [2.24, 2.45) is 0 Å². The van der Waals surface area contributed by atoms with Crippen LogP contribution < -0.4 is 10.9 Å². The predicted molar refractivity (Wildman–Crippen MR) is 93.7 cm³/mol. The van der Waals surface area contributed by atoms with E-state index in [0.717, 1.165) is 12.1 Å². The Morgan fingerprint density at radius 3 is 2.62 bits per heavy atom. The average Bonchev–Trinajstić information content (AvgIpc) is 3.30. The van der Waals surface area contributed by atoms with Crippen LogP contribution in [0, 0.1) is 13.8 Å². The number of aromatic nitrogens is 5. The van der Waals surface area contributed by atoms with E-state index in [9.17, 15) is 22.8 Å². The third kappa shape index (κ3) is 4.42. The van der Waals surface area contributed by atoms with Crippen LogP contribution in [0.3, 0.4) is 0 Å². The average molecular weight is 407 g/mol. The molecule has 152 valence electrons. The molecule has 0 spiro atoms. The first-order valence-electron chi connectivity index (χ1n) is 8.34. The van der Waals surface area contributed by atoms with Crippen LogP contribution in [0.4, 0.5) is 13.2 Å². The first kappa shape index (κ1) is 20.0. The van der Waals surface area contributed by atoms with Crippen molar-refractivity contribution in [2.75, 3.05) is 0 Å². The molecule has 0 unspecified atom stereocenters. The van der Waals surface area contributed by atoms with Crippen molar-refractivity contribution >= 4 is 11.8 Å². The summed E-state index contributed by atoms with van der Waals surface area (Å²) in [5.41, 5.74) is 5.40. The summed E-state index contributed by atoms with van der Waals surface area (Å²) >= 11 is 0. The Bertz CT molecular complexity index is 1040. The van der Waals surface area contributed by atoms with Gasteiger partial charge in [0.1, 0.15) is 0 Å². The van der Waals surface area contributed by atoms with E-state index in [0.29, 0.717) is 17.0 Å². The summed E-state index contributed by atoms with van der Waals surface area (Å²) in [6.07, 6.45) is -3.42. The second-order valence-corrected chi connectivity index (χ2v) is 6.14. The Morgan fingerprint density at radius 2 is 1.97 bits per heavy atom. The minimum Gasteiger partial charge on any atom is -0.273 e. The fourth-order valence-corrected chi connectivity index (χ4v) is 2.70. The number of nitrogens with one attached hydrogen (secondary N) is 3. The molecule has 0 fully saturated rings. The standard InChI is InChI=1S/C17H16F3N7O2/c1-9-13(7-15(28)23-24-16(29)14-8-21-26-22-14)10(2)27(25-9)12-5-3-4-11(6-12)17(18,19)20/h3-6,8H,7H2,1-2H3,(H,23,28)(H,24,29)(H,21,22,26). The topological polar surface area (TPSA) is 118 Å². The number of halogens is 3. The van der Waals surface area contributed by atoms with E-state index < -0.39 is 23.6 Å². The van der Waals surface area contributed by atoms with E-state index >= 15 is 0 Å². The molecular formula is C17H16F3N7O2. The summed E-state index contributed by atoms with van der Waals surface area (Å²) in [6, 6.07) is 4.75. The normalized spacial score (nSPS) is 11.3. The van der Waals surface area contributed by atoms with Crippen molar-refractivity contribution in [1.29, 1.82) is 0 Å². The van der Waals surface area contributed by atoms with Gasteiger partial charge in [0.05, 0.1) is 29.6 Å². The number of H-pyrrole nitrogens is 1. The van der Waals surface area contributed by atoms with Crippen molar-refractivity contribution in [1.82, 2.24) is 36.0 Å². The van der Waals surface area contributed by atoms with Crippen LogP contribution >= 0.6 is 0 Å². The molecule has 0 saturated heterocycles. The summed E-state index contributed by atoms with van der Waals surface area (Å²) in [7, 11) is 0. The van der Waals surface area contributed by atoms with Gasteiger partial charge in [0, 0.05) is 11.3 Å². The largest absolute Gasteiger partial charge is 0.416 e. The highest BCUT2D eigenvalue weighted by Gasteiger charge is 2.30. The van der Waals surface area contributed by atoms with Crippen molar-refractivity contribution in [3.05, 3.63) is 58.7 Å². The van der Waals surface area contributed by atoms with Crippen molar-refractivity contribution in [2.45, 2.75) is 26.4 Å². The number of nitrogens with zero attached hydrogens (tertiary/aromatic N) is 4. The second-order valence-electron chi connectivity index (χ2n) is 6.14. The fourth-order valence-electron chi connectivity index (χ4n) is 2.70. The third-order valence-electron chi connectivity index (χ3n) is 4.16. The molecule has 0 bridgehead atoms. The SMILES string of the molecule is Cc1nn(-c2cccc(C(F)(F)F)c2)c(C)c1CC(=O)NNC(=O)c1cn[nH]n1. The van der Waals surface area contributed by atoms with Crippen LogP contribution in [0.1, 0.15) is 33.0 Å². The summed E-state index contributed by atoms with van der Waals surface area (Å²) in [5.74, 6) is -1.18. The number of amides is 2. The summed E-state index contributed by atoms with van der Waals surface area (Å²) < 4.78 is 40.2. The van der Waals surface area contributed by atoms with Gasteiger partial charge in [-0.3, -0.25) is 20.4 Å². The number of aryl methyl sites for hydroxylation is 1. The molecule has 12 heteroatoms. The Labute approximate surface area is 162 Å². The maximum absolute atomic E-state index is 13.0. The van der Waals surface area contributed by atoms with E-state index in [-0.39, 0.29) is 17.8 Å². The number of hydrazine groups is 1. The number of benzene rings is 1.